The van der Waals surface area contributed by atoms with E-state index in [2.05, 4.69) is 34.3 Å². The van der Waals surface area contributed by atoms with Crippen molar-refractivity contribution in [2.75, 3.05) is 16.8 Å². The number of carbonyl (C=O) groups is 1. The van der Waals surface area contributed by atoms with Crippen molar-refractivity contribution in [1.29, 1.82) is 10.5 Å². The molecule has 2 aromatic carbocycles. The lowest BCUT2D eigenvalue weighted by molar-refractivity contribution is -0.115. The number of thiazole rings is 1. The van der Waals surface area contributed by atoms with Crippen LogP contribution in [0.15, 0.2) is 47.5 Å². The largest absolute Gasteiger partial charge is 0.383 e. The summed E-state index contributed by atoms with van der Waals surface area (Å²) in [6.45, 7) is 4.07. The molecule has 2 heterocycles. The number of benzene rings is 2. The van der Waals surface area contributed by atoms with Gasteiger partial charge in [-0.1, -0.05) is 48.6 Å². The molecular formula is C26H22N6OS2. The summed E-state index contributed by atoms with van der Waals surface area (Å²) in [5, 5.41) is 23.4. The normalized spacial score (nSPS) is 10.6. The van der Waals surface area contributed by atoms with E-state index in [1.807, 2.05) is 49.4 Å². The Morgan fingerprint density at radius 2 is 1.86 bits per heavy atom. The van der Waals surface area contributed by atoms with Crippen molar-refractivity contribution in [2.24, 2.45) is 0 Å². The van der Waals surface area contributed by atoms with Gasteiger partial charge in [0.05, 0.1) is 15.8 Å². The molecule has 0 aliphatic heterocycles. The van der Waals surface area contributed by atoms with Crippen molar-refractivity contribution >= 4 is 50.2 Å². The maximum Gasteiger partial charge on any atom is 0.226 e. The van der Waals surface area contributed by atoms with E-state index in [0.29, 0.717) is 21.5 Å². The van der Waals surface area contributed by atoms with E-state index in [9.17, 15) is 15.3 Å². The van der Waals surface area contributed by atoms with Crippen LogP contribution >= 0.6 is 23.1 Å². The topological polar surface area (TPSA) is 128 Å². The predicted octanol–water partition coefficient (Wildman–Crippen LogP) is 5.68. The maximum absolute atomic E-state index is 12.5. The number of nitrogens with one attached hydrogen (secondary N) is 1. The van der Waals surface area contributed by atoms with E-state index in [4.69, 9.17) is 5.73 Å². The fourth-order valence-corrected chi connectivity index (χ4v) is 5.52. The summed E-state index contributed by atoms with van der Waals surface area (Å²) in [5.41, 5.74) is 10.9. The first kappa shape index (κ1) is 24.2. The highest BCUT2D eigenvalue weighted by atomic mass is 32.2. The van der Waals surface area contributed by atoms with Gasteiger partial charge in [-0.05, 0) is 42.2 Å². The first-order valence-electron chi connectivity index (χ1n) is 11.0. The molecule has 0 spiro atoms. The van der Waals surface area contributed by atoms with Gasteiger partial charge in [-0.2, -0.15) is 10.5 Å². The molecule has 0 radical (unpaired) electrons. The zero-order valence-electron chi connectivity index (χ0n) is 19.3. The molecule has 3 N–H and O–H groups in total. The standard InChI is InChI=1S/C26H22N6OS2/c1-3-16-5-7-17(8-6-16)23-18(13-27)24(29)32-25(19(23)14-28)34-11-10-22(33)31-26-30-20-9-4-15(2)12-21(20)35-26/h4-9,12H,3,10-11H2,1-2H3,(H2,29,32)(H,30,31,33). The molecule has 1 amide bonds. The zero-order chi connectivity index (χ0) is 24.9. The van der Waals surface area contributed by atoms with Gasteiger partial charge in [0.2, 0.25) is 5.91 Å². The number of nitrogens with two attached hydrogens (primary N) is 1. The zero-order valence-corrected chi connectivity index (χ0v) is 20.9. The van der Waals surface area contributed by atoms with E-state index < -0.39 is 0 Å². The van der Waals surface area contributed by atoms with Gasteiger partial charge in [-0.15, -0.1) is 11.8 Å². The summed E-state index contributed by atoms with van der Waals surface area (Å²) in [7, 11) is 0. The molecule has 0 bridgehead atoms. The highest BCUT2D eigenvalue weighted by molar-refractivity contribution is 7.99. The number of hydrogen-bond donors (Lipinski definition) is 2. The van der Waals surface area contributed by atoms with Crippen LogP contribution in [0.4, 0.5) is 10.9 Å². The van der Waals surface area contributed by atoms with Crippen molar-refractivity contribution in [3.05, 3.63) is 64.7 Å². The van der Waals surface area contributed by atoms with Crippen molar-refractivity contribution in [3.63, 3.8) is 0 Å². The van der Waals surface area contributed by atoms with Crippen LogP contribution in [0.1, 0.15) is 35.6 Å². The molecule has 7 nitrogen and oxygen atoms in total. The highest BCUT2D eigenvalue weighted by Crippen LogP contribution is 2.36. The fourth-order valence-electron chi connectivity index (χ4n) is 3.61. The third kappa shape index (κ3) is 5.27. The lowest BCUT2D eigenvalue weighted by atomic mass is 9.96. The number of nitrogen functional groups attached to an aromatic ring is 1. The smallest absolute Gasteiger partial charge is 0.226 e. The number of nitrogens with zero attached hydrogens (tertiary/aromatic N) is 4. The second-order valence-corrected chi connectivity index (χ2v) is 9.95. The predicted molar refractivity (Wildman–Crippen MR) is 141 cm³/mol. The van der Waals surface area contributed by atoms with E-state index in [1.165, 1.54) is 23.1 Å². The summed E-state index contributed by atoms with van der Waals surface area (Å²) in [4.78, 5) is 21.3. The molecule has 0 saturated heterocycles. The Balaban J connectivity index is 1.51. The first-order valence-corrected chi connectivity index (χ1v) is 12.8. The summed E-state index contributed by atoms with van der Waals surface area (Å²) in [6, 6.07) is 17.9. The number of thioether (sulfide) groups is 1. The van der Waals surface area contributed by atoms with Gasteiger partial charge in [0.25, 0.3) is 0 Å². The first-order chi connectivity index (χ1) is 16.9. The number of hydrogen-bond acceptors (Lipinski definition) is 8. The molecule has 174 valence electrons. The average Bonchev–Trinajstić information content (AvgIpc) is 3.24. The van der Waals surface area contributed by atoms with E-state index in [1.54, 1.807) is 0 Å². The van der Waals surface area contributed by atoms with Crippen LogP contribution in [0.3, 0.4) is 0 Å². The molecule has 0 fully saturated rings. The number of amides is 1. The number of rotatable bonds is 7. The molecule has 4 aromatic rings. The minimum absolute atomic E-state index is 0.0674. The molecule has 0 aliphatic carbocycles. The third-order valence-electron chi connectivity index (χ3n) is 5.42. The molecule has 35 heavy (non-hydrogen) atoms. The monoisotopic (exact) mass is 498 g/mol. The molecular weight excluding hydrogens is 476 g/mol. The van der Waals surface area contributed by atoms with Crippen LogP contribution in [0.5, 0.6) is 0 Å². The Kier molecular flexibility index (Phi) is 7.31. The molecule has 4 rings (SSSR count). The number of carbonyl (C=O) groups excluding carboxylic acids is 1. The highest BCUT2D eigenvalue weighted by Gasteiger charge is 2.21. The fraction of sp³-hybridized carbons (Fsp3) is 0.192. The van der Waals surface area contributed by atoms with Crippen LogP contribution in [0, 0.1) is 29.6 Å². The minimum atomic E-state index is -0.177. The number of aromatic nitrogens is 2. The van der Waals surface area contributed by atoms with Gasteiger partial charge in [-0.3, -0.25) is 4.79 Å². The second-order valence-electron chi connectivity index (χ2n) is 7.84. The van der Waals surface area contributed by atoms with Gasteiger partial charge < -0.3 is 11.1 Å². The number of aryl methyl sites for hydroxylation is 2. The van der Waals surface area contributed by atoms with Gasteiger partial charge in [0.1, 0.15) is 28.5 Å². The molecule has 2 aromatic heterocycles. The van der Waals surface area contributed by atoms with Crippen LogP contribution in [-0.2, 0) is 11.2 Å². The van der Waals surface area contributed by atoms with Gasteiger partial charge in [-0.25, -0.2) is 9.97 Å². The van der Waals surface area contributed by atoms with Crippen LogP contribution in [0.25, 0.3) is 21.3 Å². The molecule has 0 unspecified atom stereocenters. The summed E-state index contributed by atoms with van der Waals surface area (Å²) >= 11 is 2.70. The van der Waals surface area contributed by atoms with E-state index in [0.717, 1.165) is 33.3 Å². The van der Waals surface area contributed by atoms with Gasteiger partial charge >= 0.3 is 0 Å². The summed E-state index contributed by atoms with van der Waals surface area (Å²) < 4.78 is 1.02. The molecule has 0 saturated carbocycles. The third-order valence-corrected chi connectivity index (χ3v) is 7.34. The van der Waals surface area contributed by atoms with Crippen LogP contribution in [0.2, 0.25) is 0 Å². The number of nitriles is 2. The van der Waals surface area contributed by atoms with E-state index in [-0.39, 0.29) is 29.3 Å². The van der Waals surface area contributed by atoms with Crippen molar-refractivity contribution < 1.29 is 4.79 Å². The minimum Gasteiger partial charge on any atom is -0.383 e. The Bertz CT molecular complexity index is 1500. The molecule has 0 aliphatic rings. The van der Waals surface area contributed by atoms with Gasteiger partial charge in [0.15, 0.2) is 5.13 Å². The van der Waals surface area contributed by atoms with Crippen molar-refractivity contribution in [3.8, 4) is 23.3 Å². The lowest BCUT2D eigenvalue weighted by Crippen LogP contribution is -2.12. The molecule has 9 heteroatoms. The average molecular weight is 499 g/mol. The van der Waals surface area contributed by atoms with Crippen LogP contribution in [-0.4, -0.2) is 21.6 Å². The second kappa shape index (κ2) is 10.6. The summed E-state index contributed by atoms with van der Waals surface area (Å²) in [6.07, 6.45) is 1.08. The Hall–Kier alpha value is -3.92. The number of pyridine rings is 1. The maximum atomic E-state index is 12.5. The SMILES string of the molecule is CCc1ccc(-c2c(C#N)c(N)nc(SCCC(=O)Nc3nc4ccc(C)cc4s3)c2C#N)cc1. The van der Waals surface area contributed by atoms with Crippen molar-refractivity contribution in [1.82, 2.24) is 9.97 Å². The Morgan fingerprint density at radius 3 is 2.54 bits per heavy atom. The number of anilines is 2. The van der Waals surface area contributed by atoms with Crippen LogP contribution < -0.4 is 11.1 Å². The van der Waals surface area contributed by atoms with Crippen molar-refractivity contribution in [2.45, 2.75) is 31.7 Å². The lowest BCUT2D eigenvalue weighted by Gasteiger charge is -2.13. The quantitative estimate of drug-likeness (QED) is 0.314. The Labute approximate surface area is 211 Å². The summed E-state index contributed by atoms with van der Waals surface area (Å²) in [5.74, 6) is 0.276. The van der Waals surface area contributed by atoms with E-state index >= 15 is 0 Å². The molecule has 0 atom stereocenters. The van der Waals surface area contributed by atoms with Gasteiger partial charge in [0, 0.05) is 17.7 Å². The Morgan fingerprint density at radius 1 is 1.11 bits per heavy atom. The number of fused-ring (bicyclic) bond motifs is 1.